The van der Waals surface area contributed by atoms with Crippen LogP contribution in [0.3, 0.4) is 0 Å². The van der Waals surface area contributed by atoms with Gasteiger partial charge in [0.25, 0.3) is 0 Å². The van der Waals surface area contributed by atoms with Crippen LogP contribution in [0.5, 0.6) is 0 Å². The molecule has 0 aliphatic heterocycles. The van der Waals surface area contributed by atoms with E-state index in [9.17, 15) is 14.4 Å². The SMILES string of the molecule is CC/C=C\C/C=C\C/C=C\CCCCCCCCC(=O)OC(COC(=O)CCC/C=C\CCCCCC)COC(=O)CCCCCCCCCCCCCCCCCCC. The number of carbonyl (C=O) groups is 3. The van der Waals surface area contributed by atoms with Gasteiger partial charge in [-0.15, -0.1) is 0 Å². The molecule has 1 unspecified atom stereocenters. The standard InChI is InChI=1S/C54H96O6/c1-4-7-10-13-16-19-21-23-25-27-29-30-32-35-38-41-44-47-53(56)59-50-51(49-58-52(55)46-43-40-37-34-18-15-12-9-6-3)60-54(57)48-45-42-39-36-33-31-28-26-24-22-20-17-14-11-8-5-2/h8,11,17,20,24,26,34,37,51H,4-7,9-10,12-16,18-19,21-23,25,27-33,35-36,38-50H2,1-3H3/b11-8-,20-17-,26-24-,37-34-. The van der Waals surface area contributed by atoms with Crippen molar-refractivity contribution in [2.24, 2.45) is 0 Å². The molecule has 6 nitrogen and oxygen atoms in total. The Morgan fingerprint density at radius 3 is 1.12 bits per heavy atom. The number of unbranched alkanes of at least 4 members (excludes halogenated alkanes) is 27. The zero-order valence-corrected chi connectivity index (χ0v) is 39.7. The second-order valence-corrected chi connectivity index (χ2v) is 17.1. The normalized spacial score (nSPS) is 12.4. The van der Waals surface area contributed by atoms with Gasteiger partial charge in [-0.3, -0.25) is 14.4 Å². The third kappa shape index (κ3) is 46.4. The Morgan fingerprint density at radius 2 is 0.667 bits per heavy atom. The molecule has 60 heavy (non-hydrogen) atoms. The molecule has 0 saturated carbocycles. The highest BCUT2D eigenvalue weighted by molar-refractivity contribution is 5.71. The van der Waals surface area contributed by atoms with Gasteiger partial charge in [-0.05, 0) is 70.6 Å². The molecule has 0 aromatic rings. The lowest BCUT2D eigenvalue weighted by Gasteiger charge is -2.18. The van der Waals surface area contributed by atoms with E-state index in [0.717, 1.165) is 89.9 Å². The smallest absolute Gasteiger partial charge is 0.306 e. The van der Waals surface area contributed by atoms with Crippen molar-refractivity contribution < 1.29 is 28.6 Å². The Labute approximate surface area is 371 Å². The highest BCUT2D eigenvalue weighted by atomic mass is 16.6. The van der Waals surface area contributed by atoms with E-state index >= 15 is 0 Å². The average Bonchev–Trinajstić information content (AvgIpc) is 3.24. The van der Waals surface area contributed by atoms with Crippen LogP contribution in [0.25, 0.3) is 0 Å². The number of allylic oxidation sites excluding steroid dienone is 8. The summed E-state index contributed by atoms with van der Waals surface area (Å²) in [7, 11) is 0. The van der Waals surface area contributed by atoms with Crippen LogP contribution >= 0.6 is 0 Å². The van der Waals surface area contributed by atoms with Crippen molar-refractivity contribution in [3.8, 4) is 0 Å². The van der Waals surface area contributed by atoms with E-state index < -0.39 is 6.10 Å². The Bertz CT molecular complexity index is 1060. The van der Waals surface area contributed by atoms with Gasteiger partial charge in [-0.1, -0.05) is 217 Å². The quantitative estimate of drug-likeness (QED) is 0.0263. The average molecular weight is 841 g/mol. The van der Waals surface area contributed by atoms with Crippen LogP contribution < -0.4 is 0 Å². The molecule has 0 saturated heterocycles. The van der Waals surface area contributed by atoms with Crippen LogP contribution in [0.4, 0.5) is 0 Å². The Balaban J connectivity index is 4.33. The van der Waals surface area contributed by atoms with Crippen molar-refractivity contribution in [1.29, 1.82) is 0 Å². The van der Waals surface area contributed by atoms with E-state index in [2.05, 4.69) is 69.4 Å². The van der Waals surface area contributed by atoms with Gasteiger partial charge in [0, 0.05) is 19.3 Å². The van der Waals surface area contributed by atoms with Crippen LogP contribution in [-0.4, -0.2) is 37.2 Å². The van der Waals surface area contributed by atoms with Gasteiger partial charge in [0.15, 0.2) is 6.10 Å². The third-order valence-corrected chi connectivity index (χ3v) is 11.1. The van der Waals surface area contributed by atoms with Crippen LogP contribution in [0.1, 0.15) is 258 Å². The van der Waals surface area contributed by atoms with Crippen molar-refractivity contribution in [3.63, 3.8) is 0 Å². The zero-order chi connectivity index (χ0) is 43.7. The fourth-order valence-corrected chi connectivity index (χ4v) is 7.23. The molecule has 0 N–H and O–H groups in total. The zero-order valence-electron chi connectivity index (χ0n) is 39.7. The molecule has 0 aliphatic carbocycles. The first-order valence-electron chi connectivity index (χ1n) is 25.6. The fraction of sp³-hybridized carbons (Fsp3) is 0.796. The maximum absolute atomic E-state index is 12.8. The van der Waals surface area contributed by atoms with E-state index in [1.807, 2.05) is 0 Å². The lowest BCUT2D eigenvalue weighted by molar-refractivity contribution is -0.167. The van der Waals surface area contributed by atoms with E-state index in [0.29, 0.717) is 19.3 Å². The number of hydrogen-bond acceptors (Lipinski definition) is 6. The molecular weight excluding hydrogens is 745 g/mol. The lowest BCUT2D eigenvalue weighted by Crippen LogP contribution is -2.30. The van der Waals surface area contributed by atoms with Crippen LogP contribution in [0.2, 0.25) is 0 Å². The maximum Gasteiger partial charge on any atom is 0.306 e. The Morgan fingerprint density at radius 1 is 0.350 bits per heavy atom. The summed E-state index contributed by atoms with van der Waals surface area (Å²) in [5.41, 5.74) is 0. The minimum absolute atomic E-state index is 0.0847. The molecule has 0 spiro atoms. The number of carbonyl (C=O) groups excluding carboxylic acids is 3. The maximum atomic E-state index is 12.8. The summed E-state index contributed by atoms with van der Waals surface area (Å²) in [5, 5.41) is 0. The Kier molecular flexibility index (Phi) is 46.9. The van der Waals surface area contributed by atoms with Gasteiger partial charge in [0.05, 0.1) is 0 Å². The number of ether oxygens (including phenoxy) is 3. The largest absolute Gasteiger partial charge is 0.462 e. The second-order valence-electron chi connectivity index (χ2n) is 17.1. The Hall–Kier alpha value is -2.63. The molecule has 0 radical (unpaired) electrons. The molecule has 0 aromatic carbocycles. The first kappa shape index (κ1) is 57.4. The van der Waals surface area contributed by atoms with E-state index in [1.165, 1.54) is 128 Å². The van der Waals surface area contributed by atoms with E-state index in [1.54, 1.807) is 0 Å². The topological polar surface area (TPSA) is 78.9 Å². The molecular formula is C54H96O6. The van der Waals surface area contributed by atoms with Gasteiger partial charge in [0.1, 0.15) is 13.2 Å². The van der Waals surface area contributed by atoms with Crippen molar-refractivity contribution >= 4 is 17.9 Å². The predicted octanol–water partition coefficient (Wildman–Crippen LogP) is 16.7. The van der Waals surface area contributed by atoms with Gasteiger partial charge >= 0.3 is 17.9 Å². The van der Waals surface area contributed by atoms with Crippen LogP contribution in [0, 0.1) is 0 Å². The van der Waals surface area contributed by atoms with Crippen molar-refractivity contribution in [2.75, 3.05) is 13.2 Å². The molecule has 0 fully saturated rings. The lowest BCUT2D eigenvalue weighted by atomic mass is 10.0. The minimum Gasteiger partial charge on any atom is -0.462 e. The molecule has 0 amide bonds. The molecule has 1 atom stereocenters. The van der Waals surface area contributed by atoms with Crippen molar-refractivity contribution in [2.45, 2.75) is 264 Å². The highest BCUT2D eigenvalue weighted by Gasteiger charge is 2.19. The van der Waals surface area contributed by atoms with Crippen molar-refractivity contribution in [1.82, 2.24) is 0 Å². The summed E-state index contributed by atoms with van der Waals surface area (Å²) in [4.78, 5) is 37.8. The van der Waals surface area contributed by atoms with Gasteiger partial charge in [-0.25, -0.2) is 0 Å². The first-order chi connectivity index (χ1) is 29.5. The molecule has 348 valence electrons. The monoisotopic (exact) mass is 841 g/mol. The molecule has 0 bridgehead atoms. The summed E-state index contributed by atoms with van der Waals surface area (Å²) >= 11 is 0. The minimum atomic E-state index is -0.787. The van der Waals surface area contributed by atoms with Gasteiger partial charge in [-0.2, -0.15) is 0 Å². The summed E-state index contributed by atoms with van der Waals surface area (Å²) in [6.45, 7) is 6.47. The number of rotatable bonds is 46. The summed E-state index contributed by atoms with van der Waals surface area (Å²) in [5.74, 6) is -0.928. The second kappa shape index (κ2) is 49.0. The predicted molar refractivity (Wildman–Crippen MR) is 256 cm³/mol. The van der Waals surface area contributed by atoms with Crippen LogP contribution in [0.15, 0.2) is 48.6 Å². The van der Waals surface area contributed by atoms with Gasteiger partial charge in [0.2, 0.25) is 0 Å². The summed E-state index contributed by atoms with van der Waals surface area (Å²) < 4.78 is 16.7. The van der Waals surface area contributed by atoms with E-state index in [4.69, 9.17) is 14.2 Å². The third-order valence-electron chi connectivity index (χ3n) is 11.1. The summed E-state index contributed by atoms with van der Waals surface area (Å²) in [6.07, 6.45) is 58.2. The van der Waals surface area contributed by atoms with Crippen molar-refractivity contribution in [3.05, 3.63) is 48.6 Å². The summed E-state index contributed by atoms with van der Waals surface area (Å²) in [6, 6.07) is 0. The highest BCUT2D eigenvalue weighted by Crippen LogP contribution is 2.15. The number of hydrogen-bond donors (Lipinski definition) is 0. The molecule has 6 heteroatoms. The molecule has 0 aliphatic rings. The van der Waals surface area contributed by atoms with Gasteiger partial charge < -0.3 is 14.2 Å². The first-order valence-corrected chi connectivity index (χ1v) is 25.6. The molecule has 0 aromatic heterocycles. The van der Waals surface area contributed by atoms with Crippen LogP contribution in [-0.2, 0) is 28.6 Å². The number of esters is 3. The molecule has 0 rings (SSSR count). The van der Waals surface area contributed by atoms with E-state index in [-0.39, 0.29) is 31.1 Å². The fourth-order valence-electron chi connectivity index (χ4n) is 7.23. The molecule has 0 heterocycles.